The Morgan fingerprint density at radius 1 is 1.07 bits per heavy atom. The molecule has 0 aliphatic carbocycles. The number of hydrazine groups is 1. The maximum Gasteiger partial charge on any atom is 0.269 e. The molecule has 28 heavy (non-hydrogen) atoms. The van der Waals surface area contributed by atoms with E-state index in [-0.39, 0.29) is 10.8 Å². The molecule has 2 aromatic rings. The molecule has 7 nitrogen and oxygen atoms in total. The van der Waals surface area contributed by atoms with Crippen LogP contribution in [0.3, 0.4) is 0 Å². The van der Waals surface area contributed by atoms with Crippen LogP contribution >= 0.6 is 0 Å². The fourth-order valence-corrected chi connectivity index (χ4v) is 3.28. The highest BCUT2D eigenvalue weighted by molar-refractivity contribution is 7.94. The van der Waals surface area contributed by atoms with E-state index in [2.05, 4.69) is 10.9 Å². The normalized spacial score (nSPS) is 12.1. The SMILES string of the molecule is CC(Cc1ccc(S(=O)(=O)/C=C/C#N)cc1)C(=O)NNC(=O)c1ccccc1. The molecule has 8 heteroatoms. The van der Waals surface area contributed by atoms with Crippen LogP contribution < -0.4 is 10.9 Å². The third-order valence-electron chi connectivity index (χ3n) is 3.90. The maximum absolute atomic E-state index is 12.2. The van der Waals surface area contributed by atoms with Gasteiger partial charge in [-0.1, -0.05) is 37.3 Å². The molecule has 0 radical (unpaired) electrons. The van der Waals surface area contributed by atoms with Crippen LogP contribution in [0.1, 0.15) is 22.8 Å². The molecular weight excluding hydrogens is 378 g/mol. The summed E-state index contributed by atoms with van der Waals surface area (Å²) in [5.41, 5.74) is 5.94. The van der Waals surface area contributed by atoms with Gasteiger partial charge in [-0.2, -0.15) is 5.26 Å². The molecule has 1 atom stereocenters. The second kappa shape index (κ2) is 9.48. The molecular formula is C20H19N3O4S. The number of rotatable bonds is 6. The summed E-state index contributed by atoms with van der Waals surface area (Å²) in [6, 6.07) is 16.2. The predicted molar refractivity (Wildman–Crippen MR) is 103 cm³/mol. The number of sulfone groups is 1. The number of nitriles is 1. The van der Waals surface area contributed by atoms with Crippen molar-refractivity contribution in [2.75, 3.05) is 0 Å². The van der Waals surface area contributed by atoms with E-state index in [9.17, 15) is 18.0 Å². The van der Waals surface area contributed by atoms with Gasteiger partial charge in [0.25, 0.3) is 5.91 Å². The molecule has 2 amide bonds. The van der Waals surface area contributed by atoms with Crippen molar-refractivity contribution >= 4 is 21.7 Å². The predicted octanol–water partition coefficient (Wildman–Crippen LogP) is 2.14. The summed E-state index contributed by atoms with van der Waals surface area (Å²) in [5, 5.41) is 9.29. The fourth-order valence-electron chi connectivity index (χ4n) is 2.36. The van der Waals surface area contributed by atoms with E-state index in [1.807, 2.05) is 0 Å². The first kappa shape index (κ1) is 20.9. The van der Waals surface area contributed by atoms with E-state index in [4.69, 9.17) is 5.26 Å². The minimum atomic E-state index is -3.66. The molecule has 0 bridgehead atoms. The molecule has 2 N–H and O–H groups in total. The summed E-state index contributed by atoms with van der Waals surface area (Å²) < 4.78 is 23.9. The number of hydrogen-bond acceptors (Lipinski definition) is 5. The van der Waals surface area contributed by atoms with Gasteiger partial charge in [0.15, 0.2) is 0 Å². The Kier molecular flexibility index (Phi) is 7.07. The van der Waals surface area contributed by atoms with Crippen LogP contribution in [-0.2, 0) is 21.1 Å². The van der Waals surface area contributed by atoms with Crippen LogP contribution in [0, 0.1) is 17.2 Å². The third kappa shape index (κ3) is 5.79. The van der Waals surface area contributed by atoms with Gasteiger partial charge in [-0.15, -0.1) is 0 Å². The summed E-state index contributed by atoms with van der Waals surface area (Å²) in [6.07, 6.45) is 1.26. The Morgan fingerprint density at radius 3 is 2.32 bits per heavy atom. The Hall–Kier alpha value is -3.44. The minimum Gasteiger partial charge on any atom is -0.273 e. The quantitative estimate of drug-likeness (QED) is 0.572. The highest BCUT2D eigenvalue weighted by Gasteiger charge is 2.16. The van der Waals surface area contributed by atoms with Crippen LogP contribution in [0.25, 0.3) is 0 Å². The molecule has 0 aliphatic rings. The molecule has 0 saturated carbocycles. The van der Waals surface area contributed by atoms with Crippen molar-refractivity contribution in [3.05, 3.63) is 77.2 Å². The Morgan fingerprint density at radius 2 is 1.71 bits per heavy atom. The zero-order chi connectivity index (χ0) is 20.6. The second-order valence-electron chi connectivity index (χ2n) is 6.04. The van der Waals surface area contributed by atoms with Gasteiger partial charge in [-0.25, -0.2) is 8.42 Å². The van der Waals surface area contributed by atoms with Crippen molar-refractivity contribution in [2.45, 2.75) is 18.2 Å². The summed E-state index contributed by atoms with van der Waals surface area (Å²) in [5.74, 6) is -1.23. The summed E-state index contributed by atoms with van der Waals surface area (Å²) in [6.45, 7) is 1.70. The first-order chi connectivity index (χ1) is 13.3. The van der Waals surface area contributed by atoms with Gasteiger partial charge < -0.3 is 0 Å². The van der Waals surface area contributed by atoms with Gasteiger partial charge in [0.1, 0.15) is 0 Å². The van der Waals surface area contributed by atoms with Gasteiger partial charge in [0, 0.05) is 23.0 Å². The Bertz CT molecular complexity index is 1010. The van der Waals surface area contributed by atoms with E-state index in [1.165, 1.54) is 12.1 Å². The van der Waals surface area contributed by atoms with Crippen LogP contribution in [0.5, 0.6) is 0 Å². The lowest BCUT2D eigenvalue weighted by Crippen LogP contribution is -2.44. The highest BCUT2D eigenvalue weighted by atomic mass is 32.2. The highest BCUT2D eigenvalue weighted by Crippen LogP contribution is 2.16. The lowest BCUT2D eigenvalue weighted by atomic mass is 10.0. The topological polar surface area (TPSA) is 116 Å². The smallest absolute Gasteiger partial charge is 0.269 e. The number of nitrogens with one attached hydrogen (secondary N) is 2. The second-order valence-corrected chi connectivity index (χ2v) is 7.87. The molecule has 0 saturated heterocycles. The van der Waals surface area contributed by atoms with Crippen molar-refractivity contribution < 1.29 is 18.0 Å². The molecule has 2 rings (SSSR count). The van der Waals surface area contributed by atoms with Crippen molar-refractivity contribution in [1.29, 1.82) is 5.26 Å². The van der Waals surface area contributed by atoms with Crippen molar-refractivity contribution in [1.82, 2.24) is 10.9 Å². The summed E-state index contributed by atoms with van der Waals surface area (Å²) in [4.78, 5) is 24.2. The number of hydrogen-bond donors (Lipinski definition) is 2. The van der Waals surface area contributed by atoms with Gasteiger partial charge in [0.05, 0.1) is 11.0 Å². The van der Waals surface area contributed by atoms with Crippen LogP contribution in [0.4, 0.5) is 0 Å². The van der Waals surface area contributed by atoms with E-state index in [1.54, 1.807) is 55.5 Å². The van der Waals surface area contributed by atoms with Crippen LogP contribution in [0.15, 0.2) is 71.0 Å². The molecule has 144 valence electrons. The number of benzene rings is 2. The number of nitrogens with zero attached hydrogens (tertiary/aromatic N) is 1. The number of allylic oxidation sites excluding steroid dienone is 1. The van der Waals surface area contributed by atoms with E-state index in [0.29, 0.717) is 12.0 Å². The van der Waals surface area contributed by atoms with Gasteiger partial charge in [-0.05, 0) is 36.2 Å². The third-order valence-corrected chi connectivity index (χ3v) is 5.32. The molecule has 0 fully saturated rings. The number of carbonyl (C=O) groups is 2. The molecule has 1 unspecified atom stereocenters. The standard InChI is InChI=1S/C20H19N3O4S/c1-15(19(24)22-23-20(25)17-6-3-2-4-7-17)14-16-8-10-18(11-9-16)28(26,27)13-5-12-21/h2-11,13,15H,14H2,1H3,(H,22,24)(H,23,25)/b13-5+. The van der Waals surface area contributed by atoms with Crippen molar-refractivity contribution in [3.8, 4) is 6.07 Å². The van der Waals surface area contributed by atoms with Gasteiger partial charge >= 0.3 is 0 Å². The van der Waals surface area contributed by atoms with E-state index < -0.39 is 21.7 Å². The molecule has 0 spiro atoms. The fraction of sp³-hybridized carbons (Fsp3) is 0.150. The maximum atomic E-state index is 12.2. The molecule has 0 aromatic heterocycles. The minimum absolute atomic E-state index is 0.0648. The molecule has 0 aliphatic heterocycles. The van der Waals surface area contributed by atoms with Crippen LogP contribution in [0.2, 0.25) is 0 Å². The average Bonchev–Trinajstić information content (AvgIpc) is 2.71. The Labute approximate surface area is 163 Å². The first-order valence-corrected chi connectivity index (χ1v) is 9.93. The van der Waals surface area contributed by atoms with E-state index in [0.717, 1.165) is 17.0 Å². The van der Waals surface area contributed by atoms with Gasteiger partial charge in [-0.3, -0.25) is 20.4 Å². The summed E-state index contributed by atoms with van der Waals surface area (Å²) in [7, 11) is -3.66. The van der Waals surface area contributed by atoms with E-state index >= 15 is 0 Å². The summed E-state index contributed by atoms with van der Waals surface area (Å²) >= 11 is 0. The van der Waals surface area contributed by atoms with Crippen LogP contribution in [-0.4, -0.2) is 20.2 Å². The zero-order valence-corrected chi connectivity index (χ0v) is 15.9. The van der Waals surface area contributed by atoms with Crippen molar-refractivity contribution in [3.63, 3.8) is 0 Å². The monoisotopic (exact) mass is 397 g/mol. The lowest BCUT2D eigenvalue weighted by molar-refractivity contribution is -0.125. The number of carbonyl (C=O) groups excluding carboxylic acids is 2. The van der Waals surface area contributed by atoms with Crippen molar-refractivity contribution in [2.24, 2.45) is 5.92 Å². The molecule has 0 heterocycles. The molecule has 2 aromatic carbocycles. The largest absolute Gasteiger partial charge is 0.273 e. The van der Waals surface area contributed by atoms with Gasteiger partial charge in [0.2, 0.25) is 15.7 Å². The average molecular weight is 397 g/mol. The lowest BCUT2D eigenvalue weighted by Gasteiger charge is -2.13. The Balaban J connectivity index is 1.92. The zero-order valence-electron chi connectivity index (χ0n) is 15.1. The number of amides is 2. The first-order valence-electron chi connectivity index (χ1n) is 8.39.